The zero-order chi connectivity index (χ0) is 6.85. The van der Waals surface area contributed by atoms with Crippen LogP contribution in [0.2, 0.25) is 0 Å². The molecule has 0 heterocycles. The topological polar surface area (TPSA) is 46.2 Å². The summed E-state index contributed by atoms with van der Waals surface area (Å²) in [7, 11) is 0. The van der Waals surface area contributed by atoms with Crippen LogP contribution >= 0.6 is 0 Å². The van der Waals surface area contributed by atoms with Crippen LogP contribution in [0, 0.1) is 0 Å². The summed E-state index contributed by atoms with van der Waals surface area (Å²) in [5.41, 5.74) is 5.33. The van der Waals surface area contributed by atoms with Gasteiger partial charge in [-0.2, -0.15) is 0 Å². The van der Waals surface area contributed by atoms with Gasteiger partial charge in [-0.3, -0.25) is 0 Å². The van der Waals surface area contributed by atoms with E-state index in [1.54, 1.807) is 0 Å². The molecule has 0 aromatic carbocycles. The van der Waals surface area contributed by atoms with Gasteiger partial charge in [-0.15, -0.1) is 0 Å². The van der Waals surface area contributed by atoms with Crippen molar-refractivity contribution in [3.05, 3.63) is 23.4 Å². The number of rotatable bonds is 0. The van der Waals surface area contributed by atoms with Crippen molar-refractivity contribution in [1.29, 1.82) is 0 Å². The maximum absolute atomic E-state index is 12.2. The van der Waals surface area contributed by atoms with Crippen LogP contribution in [0.4, 0.5) is 4.39 Å². The minimum atomic E-state index is -0.259. The number of aliphatic hydroxyl groups is 1. The van der Waals surface area contributed by atoms with Gasteiger partial charge in [0.15, 0.2) is 0 Å². The molecule has 0 bridgehead atoms. The summed E-state index contributed by atoms with van der Waals surface area (Å²) in [4.78, 5) is 0. The Balaban J connectivity index is 2.83. The molecular formula is C6H8FNO. The zero-order valence-electron chi connectivity index (χ0n) is 4.89. The van der Waals surface area contributed by atoms with E-state index >= 15 is 0 Å². The number of nitrogens with two attached hydrogens (primary N) is 1. The first-order valence-corrected chi connectivity index (χ1v) is 2.74. The number of hydrogen-bond donors (Lipinski definition) is 2. The van der Waals surface area contributed by atoms with Crippen molar-refractivity contribution in [1.82, 2.24) is 0 Å². The maximum Gasteiger partial charge on any atom is 0.116 e. The molecule has 0 aromatic rings. The third kappa shape index (κ3) is 1.22. The predicted octanol–water partition coefficient (Wildman–Crippen LogP) is 1.36. The molecule has 0 unspecified atom stereocenters. The second-order valence-electron chi connectivity index (χ2n) is 1.99. The smallest absolute Gasteiger partial charge is 0.116 e. The van der Waals surface area contributed by atoms with Crippen molar-refractivity contribution in [2.45, 2.75) is 12.8 Å². The van der Waals surface area contributed by atoms with Crippen LogP contribution in [0.3, 0.4) is 0 Å². The van der Waals surface area contributed by atoms with Crippen molar-refractivity contribution < 1.29 is 9.50 Å². The summed E-state index contributed by atoms with van der Waals surface area (Å²) >= 11 is 0. The fraction of sp³-hybridized carbons (Fsp3) is 0.333. The van der Waals surface area contributed by atoms with E-state index in [1.165, 1.54) is 0 Å². The molecule has 1 rings (SSSR count). The third-order valence-corrected chi connectivity index (χ3v) is 1.25. The Kier molecular flexibility index (Phi) is 1.42. The monoisotopic (exact) mass is 129 g/mol. The van der Waals surface area contributed by atoms with E-state index in [4.69, 9.17) is 10.8 Å². The molecule has 0 saturated heterocycles. The van der Waals surface area contributed by atoms with E-state index in [0.717, 1.165) is 6.08 Å². The van der Waals surface area contributed by atoms with Gasteiger partial charge in [-0.05, 0) is 6.08 Å². The fourth-order valence-corrected chi connectivity index (χ4v) is 0.706. The summed E-state index contributed by atoms with van der Waals surface area (Å²) in [5.74, 6) is -0.165. The second-order valence-corrected chi connectivity index (χ2v) is 1.99. The van der Waals surface area contributed by atoms with Crippen LogP contribution < -0.4 is 5.73 Å². The number of hydrogen-bond acceptors (Lipinski definition) is 2. The van der Waals surface area contributed by atoms with Gasteiger partial charge < -0.3 is 10.8 Å². The Hall–Kier alpha value is -0.990. The lowest BCUT2D eigenvalue weighted by Crippen LogP contribution is -2.04. The zero-order valence-corrected chi connectivity index (χ0v) is 4.89. The van der Waals surface area contributed by atoms with Gasteiger partial charge in [0, 0.05) is 12.8 Å². The number of aliphatic hydroxyl groups excluding tert-OH is 1. The van der Waals surface area contributed by atoms with E-state index in [1.807, 2.05) is 0 Å². The minimum absolute atomic E-state index is 0.0939. The van der Waals surface area contributed by atoms with Gasteiger partial charge >= 0.3 is 0 Å². The first-order chi connectivity index (χ1) is 4.20. The summed E-state index contributed by atoms with van der Waals surface area (Å²) < 4.78 is 12.2. The standard InChI is InChI=1S/C6H8FNO/c7-4-1-2-6(9)5(8)3-4/h3,9H,1-2,8H2. The summed E-state index contributed by atoms with van der Waals surface area (Å²) in [6.45, 7) is 0. The summed E-state index contributed by atoms with van der Waals surface area (Å²) in [6.07, 6.45) is 1.75. The highest BCUT2D eigenvalue weighted by molar-refractivity contribution is 5.24. The fourth-order valence-electron chi connectivity index (χ4n) is 0.706. The molecule has 0 atom stereocenters. The van der Waals surface area contributed by atoms with Crippen molar-refractivity contribution in [3.63, 3.8) is 0 Å². The SMILES string of the molecule is NC1=C(O)CCC(F)=C1. The molecule has 9 heavy (non-hydrogen) atoms. The molecule has 50 valence electrons. The Morgan fingerprint density at radius 1 is 1.56 bits per heavy atom. The third-order valence-electron chi connectivity index (χ3n) is 1.25. The molecule has 3 heteroatoms. The highest BCUT2D eigenvalue weighted by Gasteiger charge is 2.08. The first kappa shape index (κ1) is 6.13. The molecule has 2 nitrogen and oxygen atoms in total. The van der Waals surface area contributed by atoms with E-state index in [2.05, 4.69) is 0 Å². The van der Waals surface area contributed by atoms with Gasteiger partial charge in [0.25, 0.3) is 0 Å². The lowest BCUT2D eigenvalue weighted by molar-refractivity contribution is 0.370. The molecule has 0 spiro atoms. The lowest BCUT2D eigenvalue weighted by Gasteiger charge is -2.06. The van der Waals surface area contributed by atoms with E-state index in [-0.39, 0.29) is 23.7 Å². The van der Waals surface area contributed by atoms with Gasteiger partial charge in [-0.1, -0.05) is 0 Å². The number of halogens is 1. The maximum atomic E-state index is 12.2. The lowest BCUT2D eigenvalue weighted by atomic mass is 10.1. The molecule has 0 aromatic heterocycles. The van der Waals surface area contributed by atoms with Crippen LogP contribution in [-0.4, -0.2) is 5.11 Å². The van der Waals surface area contributed by atoms with E-state index in [0.29, 0.717) is 6.42 Å². The normalized spacial score (nSPS) is 19.9. The highest BCUT2D eigenvalue weighted by atomic mass is 19.1. The largest absolute Gasteiger partial charge is 0.510 e. The average molecular weight is 129 g/mol. The van der Waals surface area contributed by atoms with Crippen molar-refractivity contribution in [3.8, 4) is 0 Å². The molecule has 3 N–H and O–H groups in total. The Morgan fingerprint density at radius 3 is 2.67 bits per heavy atom. The van der Waals surface area contributed by atoms with Crippen LogP contribution in [0.15, 0.2) is 23.4 Å². The molecule has 0 aliphatic heterocycles. The van der Waals surface area contributed by atoms with Gasteiger partial charge in [0.2, 0.25) is 0 Å². The van der Waals surface area contributed by atoms with Gasteiger partial charge in [0.1, 0.15) is 11.6 Å². The molecule has 1 aliphatic rings. The van der Waals surface area contributed by atoms with E-state index in [9.17, 15) is 4.39 Å². The average Bonchev–Trinajstić information content (AvgIpc) is 1.80. The molecule has 0 saturated carbocycles. The molecule has 1 aliphatic carbocycles. The van der Waals surface area contributed by atoms with Gasteiger partial charge in [-0.25, -0.2) is 4.39 Å². The molecule has 0 amide bonds. The second kappa shape index (κ2) is 2.09. The van der Waals surface area contributed by atoms with Crippen LogP contribution in [-0.2, 0) is 0 Å². The Bertz CT molecular complexity index is 183. The van der Waals surface area contributed by atoms with E-state index < -0.39 is 0 Å². The summed E-state index contributed by atoms with van der Waals surface area (Å²) in [6, 6.07) is 0. The van der Waals surface area contributed by atoms with Crippen LogP contribution in [0.1, 0.15) is 12.8 Å². The minimum Gasteiger partial charge on any atom is -0.510 e. The first-order valence-electron chi connectivity index (χ1n) is 2.74. The summed E-state index contributed by atoms with van der Waals surface area (Å²) in [5, 5.41) is 8.84. The number of allylic oxidation sites excluding steroid dienone is 3. The Morgan fingerprint density at radius 2 is 2.22 bits per heavy atom. The van der Waals surface area contributed by atoms with Crippen molar-refractivity contribution >= 4 is 0 Å². The van der Waals surface area contributed by atoms with Crippen LogP contribution in [0.25, 0.3) is 0 Å². The van der Waals surface area contributed by atoms with Crippen molar-refractivity contribution in [2.24, 2.45) is 5.73 Å². The van der Waals surface area contributed by atoms with Crippen LogP contribution in [0.5, 0.6) is 0 Å². The van der Waals surface area contributed by atoms with Crippen molar-refractivity contribution in [2.75, 3.05) is 0 Å². The molecule has 0 radical (unpaired) electrons. The molecular weight excluding hydrogens is 121 g/mol. The van der Waals surface area contributed by atoms with Gasteiger partial charge in [0.05, 0.1) is 5.70 Å². The Labute approximate surface area is 52.5 Å². The molecule has 0 fully saturated rings. The quantitative estimate of drug-likeness (QED) is 0.518. The highest BCUT2D eigenvalue weighted by Crippen LogP contribution is 2.19. The predicted molar refractivity (Wildman–Crippen MR) is 32.3 cm³/mol.